The standard InChI is InChI=1S/C8H9N5S/c1-4-2-3-5-7(12-13-11-5)6(4)10-8(9)14/h2-3H,1H3,(H3,9,10,14)(H,11,12,13). The molecule has 5 nitrogen and oxygen atoms in total. The molecule has 0 unspecified atom stereocenters. The summed E-state index contributed by atoms with van der Waals surface area (Å²) >= 11 is 4.78. The van der Waals surface area contributed by atoms with Crippen LogP contribution in [0.15, 0.2) is 12.1 Å². The highest BCUT2D eigenvalue weighted by atomic mass is 32.1. The average molecular weight is 207 g/mol. The minimum Gasteiger partial charge on any atom is -0.376 e. The number of nitrogens with one attached hydrogen (secondary N) is 2. The smallest absolute Gasteiger partial charge is 0.168 e. The van der Waals surface area contributed by atoms with E-state index >= 15 is 0 Å². The van der Waals surface area contributed by atoms with Crippen molar-refractivity contribution in [2.24, 2.45) is 5.73 Å². The minimum atomic E-state index is 0.226. The molecule has 1 heterocycles. The minimum absolute atomic E-state index is 0.226. The lowest BCUT2D eigenvalue weighted by Crippen LogP contribution is -2.19. The Bertz CT molecular complexity index is 489. The van der Waals surface area contributed by atoms with E-state index in [4.69, 9.17) is 18.0 Å². The van der Waals surface area contributed by atoms with Crippen LogP contribution in [-0.2, 0) is 0 Å². The van der Waals surface area contributed by atoms with E-state index in [1.165, 1.54) is 0 Å². The van der Waals surface area contributed by atoms with E-state index < -0.39 is 0 Å². The summed E-state index contributed by atoms with van der Waals surface area (Å²) in [4.78, 5) is 0. The van der Waals surface area contributed by atoms with Gasteiger partial charge in [0, 0.05) is 0 Å². The summed E-state index contributed by atoms with van der Waals surface area (Å²) in [6, 6.07) is 3.82. The van der Waals surface area contributed by atoms with Gasteiger partial charge in [0.05, 0.1) is 5.69 Å². The summed E-state index contributed by atoms with van der Waals surface area (Å²) in [6.45, 7) is 1.95. The van der Waals surface area contributed by atoms with Crippen LogP contribution in [0.3, 0.4) is 0 Å². The summed E-state index contributed by atoms with van der Waals surface area (Å²) in [5.74, 6) is 0. The molecule has 0 saturated carbocycles. The van der Waals surface area contributed by atoms with Gasteiger partial charge in [-0.3, -0.25) is 0 Å². The number of aromatic nitrogens is 3. The molecule has 0 spiro atoms. The maximum Gasteiger partial charge on any atom is 0.168 e. The number of aromatic amines is 1. The molecular formula is C8H9N5S. The molecule has 0 radical (unpaired) electrons. The van der Waals surface area contributed by atoms with Crippen LogP contribution in [0.1, 0.15) is 5.56 Å². The van der Waals surface area contributed by atoms with E-state index in [9.17, 15) is 0 Å². The molecule has 0 atom stereocenters. The first-order valence-electron chi connectivity index (χ1n) is 4.05. The highest BCUT2D eigenvalue weighted by Gasteiger charge is 2.07. The molecule has 0 aliphatic rings. The third-order valence-electron chi connectivity index (χ3n) is 1.95. The molecule has 1 aromatic carbocycles. The second-order valence-electron chi connectivity index (χ2n) is 2.94. The van der Waals surface area contributed by atoms with Crippen molar-refractivity contribution in [1.29, 1.82) is 0 Å². The van der Waals surface area contributed by atoms with E-state index in [2.05, 4.69) is 20.7 Å². The van der Waals surface area contributed by atoms with Crippen molar-refractivity contribution in [3.63, 3.8) is 0 Å². The Morgan fingerprint density at radius 1 is 1.50 bits per heavy atom. The maximum absolute atomic E-state index is 5.42. The molecule has 0 bridgehead atoms. The molecule has 4 N–H and O–H groups in total. The zero-order valence-electron chi connectivity index (χ0n) is 7.53. The van der Waals surface area contributed by atoms with Crippen molar-refractivity contribution in [2.75, 3.05) is 5.32 Å². The quantitative estimate of drug-likeness (QED) is 0.606. The molecule has 0 fully saturated rings. The van der Waals surface area contributed by atoms with Gasteiger partial charge in [0.2, 0.25) is 0 Å². The van der Waals surface area contributed by atoms with Crippen LogP contribution in [0, 0.1) is 6.92 Å². The number of fused-ring (bicyclic) bond motifs is 1. The molecular weight excluding hydrogens is 198 g/mol. The number of thiocarbonyl (C=S) groups is 1. The Morgan fingerprint density at radius 2 is 2.29 bits per heavy atom. The average Bonchev–Trinajstić information content (AvgIpc) is 2.57. The summed E-state index contributed by atoms with van der Waals surface area (Å²) in [5, 5.41) is 13.7. The zero-order valence-corrected chi connectivity index (χ0v) is 8.35. The highest BCUT2D eigenvalue weighted by Crippen LogP contribution is 2.23. The van der Waals surface area contributed by atoms with Gasteiger partial charge >= 0.3 is 0 Å². The molecule has 6 heteroatoms. The monoisotopic (exact) mass is 207 g/mol. The fourth-order valence-corrected chi connectivity index (χ4v) is 1.40. The fraction of sp³-hybridized carbons (Fsp3) is 0.125. The normalized spacial score (nSPS) is 10.4. The van der Waals surface area contributed by atoms with Gasteiger partial charge in [-0.25, -0.2) is 0 Å². The van der Waals surface area contributed by atoms with Crippen LogP contribution in [0.25, 0.3) is 11.0 Å². The van der Waals surface area contributed by atoms with Gasteiger partial charge in [-0.2, -0.15) is 15.4 Å². The topological polar surface area (TPSA) is 79.6 Å². The van der Waals surface area contributed by atoms with Gasteiger partial charge in [-0.05, 0) is 30.8 Å². The van der Waals surface area contributed by atoms with Gasteiger partial charge in [0.15, 0.2) is 5.11 Å². The van der Waals surface area contributed by atoms with E-state index in [1.54, 1.807) is 0 Å². The van der Waals surface area contributed by atoms with Crippen molar-refractivity contribution < 1.29 is 0 Å². The molecule has 0 amide bonds. The predicted molar refractivity (Wildman–Crippen MR) is 59.0 cm³/mol. The van der Waals surface area contributed by atoms with Crippen LogP contribution in [-0.4, -0.2) is 20.5 Å². The van der Waals surface area contributed by atoms with Crippen molar-refractivity contribution in [3.05, 3.63) is 17.7 Å². The summed E-state index contributed by atoms with van der Waals surface area (Å²) in [5.41, 5.74) is 8.79. The molecule has 1 aromatic heterocycles. The number of rotatable bonds is 1. The first-order valence-corrected chi connectivity index (χ1v) is 4.46. The fourth-order valence-electron chi connectivity index (χ4n) is 1.29. The van der Waals surface area contributed by atoms with Crippen molar-refractivity contribution in [3.8, 4) is 0 Å². The maximum atomic E-state index is 5.42. The van der Waals surface area contributed by atoms with Gasteiger partial charge in [0.25, 0.3) is 0 Å². The Balaban J connectivity index is 2.64. The van der Waals surface area contributed by atoms with E-state index in [0.717, 1.165) is 22.3 Å². The largest absolute Gasteiger partial charge is 0.376 e. The molecule has 2 rings (SSSR count). The Hall–Kier alpha value is -1.69. The van der Waals surface area contributed by atoms with Crippen LogP contribution in [0.5, 0.6) is 0 Å². The second kappa shape index (κ2) is 3.22. The van der Waals surface area contributed by atoms with Gasteiger partial charge < -0.3 is 11.1 Å². The number of hydrogen-bond acceptors (Lipinski definition) is 3. The van der Waals surface area contributed by atoms with Crippen molar-refractivity contribution in [2.45, 2.75) is 6.92 Å². The van der Waals surface area contributed by atoms with Crippen LogP contribution in [0.4, 0.5) is 5.69 Å². The van der Waals surface area contributed by atoms with Crippen LogP contribution in [0.2, 0.25) is 0 Å². The molecule has 14 heavy (non-hydrogen) atoms. The number of anilines is 1. The SMILES string of the molecule is Cc1ccc2n[nH]nc2c1NC(N)=S. The molecule has 0 aliphatic heterocycles. The third kappa shape index (κ3) is 1.39. The third-order valence-corrected chi connectivity index (χ3v) is 2.05. The van der Waals surface area contributed by atoms with Gasteiger partial charge in [-0.15, -0.1) is 0 Å². The number of aryl methyl sites for hydroxylation is 1. The van der Waals surface area contributed by atoms with E-state index in [1.807, 2.05) is 19.1 Å². The lowest BCUT2D eigenvalue weighted by Gasteiger charge is -2.06. The van der Waals surface area contributed by atoms with E-state index in [-0.39, 0.29) is 5.11 Å². The Labute approximate surface area is 85.7 Å². The predicted octanol–water partition coefficient (Wildman–Crippen LogP) is 0.922. The number of nitrogens with zero attached hydrogens (tertiary/aromatic N) is 2. The zero-order chi connectivity index (χ0) is 10.1. The van der Waals surface area contributed by atoms with Crippen LogP contribution < -0.4 is 11.1 Å². The summed E-state index contributed by atoms with van der Waals surface area (Å²) < 4.78 is 0. The lowest BCUT2D eigenvalue weighted by atomic mass is 10.1. The lowest BCUT2D eigenvalue weighted by molar-refractivity contribution is 0.959. The van der Waals surface area contributed by atoms with E-state index in [0.29, 0.717) is 0 Å². The highest BCUT2D eigenvalue weighted by molar-refractivity contribution is 7.80. The first kappa shape index (κ1) is 8.89. The van der Waals surface area contributed by atoms with Crippen molar-refractivity contribution in [1.82, 2.24) is 15.4 Å². The number of hydrogen-bond donors (Lipinski definition) is 3. The molecule has 2 aromatic rings. The number of H-pyrrole nitrogens is 1. The Morgan fingerprint density at radius 3 is 3.00 bits per heavy atom. The summed E-state index contributed by atoms with van der Waals surface area (Å²) in [6.07, 6.45) is 0. The van der Waals surface area contributed by atoms with Gasteiger partial charge in [-0.1, -0.05) is 6.07 Å². The van der Waals surface area contributed by atoms with Crippen molar-refractivity contribution >= 4 is 34.1 Å². The van der Waals surface area contributed by atoms with Gasteiger partial charge in [0.1, 0.15) is 11.0 Å². The molecule has 0 aliphatic carbocycles. The molecule has 72 valence electrons. The Kier molecular flexibility index (Phi) is 2.05. The number of benzene rings is 1. The number of nitrogens with two attached hydrogens (primary N) is 1. The second-order valence-corrected chi connectivity index (χ2v) is 3.38. The first-order chi connectivity index (χ1) is 6.68. The molecule has 0 saturated heterocycles. The summed E-state index contributed by atoms with van der Waals surface area (Å²) in [7, 11) is 0. The van der Waals surface area contributed by atoms with Crippen LogP contribution >= 0.6 is 12.2 Å².